The van der Waals surface area contributed by atoms with Gasteiger partial charge in [0.2, 0.25) is 0 Å². The van der Waals surface area contributed by atoms with E-state index in [-0.39, 0.29) is 0 Å². The number of hydrogen-bond donors (Lipinski definition) is 0. The molecule has 0 radical (unpaired) electrons. The zero-order chi connectivity index (χ0) is 18.2. The molecular formula is C22H16N4O. The lowest BCUT2D eigenvalue weighted by atomic mass is 10.1. The lowest BCUT2D eigenvalue weighted by Crippen LogP contribution is -1.98. The van der Waals surface area contributed by atoms with E-state index in [2.05, 4.69) is 0 Å². The molecule has 5 rings (SSSR count). The van der Waals surface area contributed by atoms with Crippen molar-refractivity contribution in [1.82, 2.24) is 19.7 Å². The van der Waals surface area contributed by atoms with E-state index in [1.807, 2.05) is 83.5 Å². The molecule has 0 aliphatic carbocycles. The van der Waals surface area contributed by atoms with Gasteiger partial charge in [-0.25, -0.2) is 14.6 Å². The molecule has 130 valence electrons. The van der Waals surface area contributed by atoms with Crippen LogP contribution in [0.15, 0.2) is 78.9 Å². The minimum absolute atomic E-state index is 0.723. The summed E-state index contributed by atoms with van der Waals surface area (Å²) in [6.07, 6.45) is 0. The summed E-state index contributed by atoms with van der Waals surface area (Å²) >= 11 is 0. The van der Waals surface area contributed by atoms with Crippen LogP contribution in [0.25, 0.3) is 39.1 Å². The summed E-state index contributed by atoms with van der Waals surface area (Å²) in [4.78, 5) is 9.73. The monoisotopic (exact) mass is 352 g/mol. The molecule has 0 amide bonds. The molecule has 0 aliphatic rings. The Kier molecular flexibility index (Phi) is 3.57. The Balaban J connectivity index is 1.89. The molecule has 0 aliphatic heterocycles. The summed E-state index contributed by atoms with van der Waals surface area (Å²) in [5, 5.41) is 4.87. The highest BCUT2D eigenvalue weighted by Gasteiger charge is 2.19. The second-order valence-electron chi connectivity index (χ2n) is 6.18. The Hall–Kier alpha value is -3.73. The van der Waals surface area contributed by atoms with Crippen LogP contribution >= 0.6 is 0 Å². The summed E-state index contributed by atoms with van der Waals surface area (Å²) in [5.41, 5.74) is 5.74. The third-order valence-corrected chi connectivity index (χ3v) is 4.54. The second-order valence-corrected chi connectivity index (χ2v) is 6.18. The number of ether oxygens (including phenoxy) is 1. The molecular weight excluding hydrogens is 336 g/mol. The van der Waals surface area contributed by atoms with Crippen molar-refractivity contribution in [1.29, 1.82) is 0 Å². The molecule has 0 bridgehead atoms. The quantitative estimate of drug-likeness (QED) is 0.474. The van der Waals surface area contributed by atoms with Crippen LogP contribution in [0, 0.1) is 0 Å². The minimum atomic E-state index is 0.723. The second kappa shape index (κ2) is 6.21. The average Bonchev–Trinajstić information content (AvgIpc) is 3.11. The first-order chi connectivity index (χ1) is 13.3. The normalized spacial score (nSPS) is 11.1. The van der Waals surface area contributed by atoms with Crippen LogP contribution in [0.2, 0.25) is 0 Å². The number of benzene rings is 3. The van der Waals surface area contributed by atoms with E-state index in [1.165, 1.54) is 0 Å². The van der Waals surface area contributed by atoms with E-state index in [0.29, 0.717) is 0 Å². The maximum Gasteiger partial charge on any atom is 0.182 e. The maximum absolute atomic E-state index is 5.55. The molecule has 0 saturated carbocycles. The SMILES string of the molecule is COc1ccccc1-c1nn(-c2ccccc2)c2nc3ccccc3nc12. The van der Waals surface area contributed by atoms with E-state index < -0.39 is 0 Å². The Labute approximate surface area is 155 Å². The molecule has 0 saturated heterocycles. The fourth-order valence-electron chi connectivity index (χ4n) is 3.26. The predicted octanol–water partition coefficient (Wildman–Crippen LogP) is 4.64. The molecule has 5 aromatic rings. The number of para-hydroxylation sites is 4. The van der Waals surface area contributed by atoms with Crippen molar-refractivity contribution < 1.29 is 4.74 Å². The average molecular weight is 352 g/mol. The molecule has 0 spiro atoms. The molecule has 5 heteroatoms. The van der Waals surface area contributed by atoms with Crippen molar-refractivity contribution >= 4 is 22.2 Å². The van der Waals surface area contributed by atoms with E-state index >= 15 is 0 Å². The van der Waals surface area contributed by atoms with Gasteiger partial charge in [-0.1, -0.05) is 42.5 Å². The van der Waals surface area contributed by atoms with Gasteiger partial charge in [0.25, 0.3) is 0 Å². The van der Waals surface area contributed by atoms with Crippen LogP contribution in [0.5, 0.6) is 5.75 Å². The van der Waals surface area contributed by atoms with E-state index in [0.717, 1.165) is 44.9 Å². The number of hydrogen-bond acceptors (Lipinski definition) is 4. The van der Waals surface area contributed by atoms with Crippen LogP contribution < -0.4 is 4.74 Å². The predicted molar refractivity (Wildman–Crippen MR) is 106 cm³/mol. The van der Waals surface area contributed by atoms with Gasteiger partial charge in [0.1, 0.15) is 17.0 Å². The van der Waals surface area contributed by atoms with Crippen LogP contribution in [0.3, 0.4) is 0 Å². The smallest absolute Gasteiger partial charge is 0.182 e. The number of nitrogens with zero attached hydrogens (tertiary/aromatic N) is 4. The summed E-state index contributed by atoms with van der Waals surface area (Å²) in [5.74, 6) is 0.757. The first-order valence-corrected chi connectivity index (χ1v) is 8.69. The molecule has 3 aromatic carbocycles. The Bertz CT molecular complexity index is 1260. The lowest BCUT2D eigenvalue weighted by molar-refractivity contribution is 0.416. The van der Waals surface area contributed by atoms with E-state index in [9.17, 15) is 0 Å². The van der Waals surface area contributed by atoms with Gasteiger partial charge in [-0.2, -0.15) is 5.10 Å². The van der Waals surface area contributed by atoms with E-state index in [4.69, 9.17) is 19.8 Å². The van der Waals surface area contributed by atoms with Crippen molar-refractivity contribution in [3.63, 3.8) is 0 Å². The topological polar surface area (TPSA) is 52.8 Å². The van der Waals surface area contributed by atoms with Crippen molar-refractivity contribution in [2.24, 2.45) is 0 Å². The van der Waals surface area contributed by atoms with Crippen molar-refractivity contribution in [3.8, 4) is 22.7 Å². The highest BCUT2D eigenvalue weighted by atomic mass is 16.5. The summed E-state index contributed by atoms with van der Waals surface area (Å²) in [6, 6.07) is 25.7. The highest BCUT2D eigenvalue weighted by Crippen LogP contribution is 2.34. The molecule has 0 N–H and O–H groups in total. The van der Waals surface area contributed by atoms with Gasteiger partial charge < -0.3 is 4.74 Å². The molecule has 27 heavy (non-hydrogen) atoms. The Morgan fingerprint density at radius 2 is 1.41 bits per heavy atom. The van der Waals surface area contributed by atoms with Crippen LogP contribution in [0.4, 0.5) is 0 Å². The van der Waals surface area contributed by atoms with Crippen molar-refractivity contribution in [2.75, 3.05) is 7.11 Å². The van der Waals surface area contributed by atoms with Gasteiger partial charge in [0.15, 0.2) is 5.65 Å². The number of methoxy groups -OCH3 is 1. The first kappa shape index (κ1) is 15.5. The number of aromatic nitrogens is 4. The molecule has 5 nitrogen and oxygen atoms in total. The fourth-order valence-corrected chi connectivity index (χ4v) is 3.26. The van der Waals surface area contributed by atoms with E-state index in [1.54, 1.807) is 7.11 Å². The molecule has 0 fully saturated rings. The molecule has 0 atom stereocenters. The third-order valence-electron chi connectivity index (χ3n) is 4.54. The van der Waals surface area contributed by atoms with Gasteiger partial charge in [0, 0.05) is 5.56 Å². The Morgan fingerprint density at radius 3 is 2.19 bits per heavy atom. The van der Waals surface area contributed by atoms with Crippen LogP contribution in [-0.4, -0.2) is 26.9 Å². The molecule has 0 unspecified atom stereocenters. The maximum atomic E-state index is 5.55. The zero-order valence-electron chi connectivity index (χ0n) is 14.7. The Morgan fingerprint density at radius 1 is 0.741 bits per heavy atom. The summed E-state index contributed by atoms with van der Waals surface area (Å²) in [7, 11) is 1.66. The lowest BCUT2D eigenvalue weighted by Gasteiger charge is -2.05. The number of fused-ring (bicyclic) bond motifs is 2. The van der Waals surface area contributed by atoms with Crippen LogP contribution in [-0.2, 0) is 0 Å². The number of rotatable bonds is 3. The van der Waals surface area contributed by atoms with Gasteiger partial charge in [-0.15, -0.1) is 0 Å². The van der Waals surface area contributed by atoms with Gasteiger partial charge in [-0.3, -0.25) is 0 Å². The van der Waals surface area contributed by atoms with Gasteiger partial charge in [0.05, 0.1) is 23.8 Å². The van der Waals surface area contributed by atoms with Gasteiger partial charge in [-0.05, 0) is 36.4 Å². The minimum Gasteiger partial charge on any atom is -0.496 e. The van der Waals surface area contributed by atoms with Crippen LogP contribution in [0.1, 0.15) is 0 Å². The standard InChI is InChI=1S/C22H16N4O/c1-27-19-14-8-5-11-16(19)20-21-22(24-18-13-7-6-12-17(18)23-21)26(25-20)15-9-3-2-4-10-15/h2-14H,1H3. The summed E-state index contributed by atoms with van der Waals surface area (Å²) < 4.78 is 7.40. The zero-order valence-corrected chi connectivity index (χ0v) is 14.7. The highest BCUT2D eigenvalue weighted by molar-refractivity contribution is 5.95. The molecule has 2 aromatic heterocycles. The molecule has 2 heterocycles. The summed E-state index contributed by atoms with van der Waals surface area (Å²) in [6.45, 7) is 0. The first-order valence-electron chi connectivity index (χ1n) is 8.69. The fraction of sp³-hybridized carbons (Fsp3) is 0.0455. The largest absolute Gasteiger partial charge is 0.496 e. The van der Waals surface area contributed by atoms with Crippen molar-refractivity contribution in [3.05, 3.63) is 78.9 Å². The van der Waals surface area contributed by atoms with Gasteiger partial charge >= 0.3 is 0 Å². The third kappa shape index (κ3) is 2.52. The van der Waals surface area contributed by atoms with Crippen molar-refractivity contribution in [2.45, 2.75) is 0 Å².